The third-order valence-corrected chi connectivity index (χ3v) is 3.29. The number of halogens is 1. The predicted octanol–water partition coefficient (Wildman–Crippen LogP) is 2.98. The van der Waals surface area contributed by atoms with Crippen molar-refractivity contribution in [2.24, 2.45) is 0 Å². The van der Waals surface area contributed by atoms with Gasteiger partial charge in [0, 0.05) is 12.0 Å². The van der Waals surface area contributed by atoms with Crippen LogP contribution in [0, 0.1) is 0 Å². The molecule has 1 heterocycles. The van der Waals surface area contributed by atoms with Crippen LogP contribution in [0.15, 0.2) is 30.3 Å². The highest BCUT2D eigenvalue weighted by atomic mass is 79.9. The first-order valence-electron chi connectivity index (χ1n) is 5.74. The van der Waals surface area contributed by atoms with Gasteiger partial charge in [0.25, 0.3) is 0 Å². The van der Waals surface area contributed by atoms with Gasteiger partial charge in [-0.25, -0.2) is 0 Å². The Hall–Kier alpha value is -0.870. The lowest BCUT2D eigenvalue weighted by Gasteiger charge is -2.36. The summed E-state index contributed by atoms with van der Waals surface area (Å²) >= 11 is 3.11. The largest absolute Gasteiger partial charge is 0.428 e. The molecule has 0 aromatic heterocycles. The van der Waals surface area contributed by atoms with Crippen molar-refractivity contribution in [3.05, 3.63) is 35.9 Å². The normalized spacial score (nSPS) is 24.3. The number of benzene rings is 1. The molecule has 1 aliphatic rings. The Kier molecular flexibility index (Phi) is 4.18. The minimum absolute atomic E-state index is 0.185. The van der Waals surface area contributed by atoms with E-state index < -0.39 is 5.79 Å². The summed E-state index contributed by atoms with van der Waals surface area (Å²) in [5.41, 5.74) is 0.911. The number of carbonyl (C=O) groups excluding carboxylic acids is 1. The predicted molar refractivity (Wildman–Crippen MR) is 67.8 cm³/mol. The van der Waals surface area contributed by atoms with E-state index in [-0.39, 0.29) is 11.3 Å². The van der Waals surface area contributed by atoms with Gasteiger partial charge in [0.15, 0.2) is 0 Å². The van der Waals surface area contributed by atoms with Gasteiger partial charge in [-0.15, -0.1) is 0 Å². The maximum Gasteiger partial charge on any atom is 0.319 e. The zero-order valence-electron chi connectivity index (χ0n) is 9.52. The summed E-state index contributed by atoms with van der Waals surface area (Å²) in [7, 11) is 0. The molecule has 4 heteroatoms. The molecule has 0 saturated carbocycles. The van der Waals surface area contributed by atoms with Gasteiger partial charge in [-0.05, 0) is 12.8 Å². The van der Waals surface area contributed by atoms with Crippen LogP contribution in [0.2, 0.25) is 0 Å². The Balaban J connectivity index is 2.26. The number of ether oxygens (including phenoxy) is 2. The fourth-order valence-corrected chi connectivity index (χ4v) is 2.15. The molecular formula is C13H15BrO3. The molecule has 0 spiro atoms. The summed E-state index contributed by atoms with van der Waals surface area (Å²) in [5.74, 6) is -1.18. The fraction of sp³-hybridized carbons (Fsp3) is 0.462. The third-order valence-electron chi connectivity index (χ3n) is 2.84. The number of esters is 1. The first-order chi connectivity index (χ1) is 8.27. The molecule has 0 N–H and O–H groups in total. The lowest BCUT2D eigenvalue weighted by Crippen LogP contribution is -2.38. The molecule has 1 fully saturated rings. The van der Waals surface area contributed by atoms with Crippen molar-refractivity contribution < 1.29 is 14.3 Å². The van der Waals surface area contributed by atoms with E-state index in [2.05, 4.69) is 15.9 Å². The van der Waals surface area contributed by atoms with Crippen LogP contribution in [0.5, 0.6) is 0 Å². The van der Waals surface area contributed by atoms with E-state index >= 15 is 0 Å². The van der Waals surface area contributed by atoms with Crippen molar-refractivity contribution in [1.82, 2.24) is 0 Å². The highest BCUT2D eigenvalue weighted by Gasteiger charge is 2.39. The van der Waals surface area contributed by atoms with E-state index in [0.717, 1.165) is 24.8 Å². The Morgan fingerprint density at radius 2 is 2.12 bits per heavy atom. The van der Waals surface area contributed by atoms with Crippen LogP contribution >= 0.6 is 15.9 Å². The third kappa shape index (κ3) is 2.87. The summed E-state index contributed by atoms with van der Waals surface area (Å²) in [5, 5.41) is 0.185. The molecule has 17 heavy (non-hydrogen) atoms. The molecule has 0 radical (unpaired) electrons. The van der Waals surface area contributed by atoms with Crippen molar-refractivity contribution in [2.45, 2.75) is 25.0 Å². The maximum atomic E-state index is 11.5. The van der Waals surface area contributed by atoms with Gasteiger partial charge < -0.3 is 9.47 Å². The molecule has 1 aromatic rings. The van der Waals surface area contributed by atoms with Crippen molar-refractivity contribution in [1.29, 1.82) is 0 Å². The average Bonchev–Trinajstić information content (AvgIpc) is 2.40. The van der Waals surface area contributed by atoms with E-state index in [4.69, 9.17) is 9.47 Å². The van der Waals surface area contributed by atoms with Crippen molar-refractivity contribution in [3.63, 3.8) is 0 Å². The molecule has 0 aliphatic carbocycles. The number of hydrogen-bond acceptors (Lipinski definition) is 3. The van der Waals surface area contributed by atoms with Gasteiger partial charge in [0.1, 0.15) is 5.33 Å². The lowest BCUT2D eigenvalue weighted by atomic mass is 9.97. The zero-order valence-corrected chi connectivity index (χ0v) is 11.1. The Morgan fingerprint density at radius 3 is 2.71 bits per heavy atom. The summed E-state index contributed by atoms with van der Waals surface area (Å²) in [6.45, 7) is 0.629. The molecule has 92 valence electrons. The van der Waals surface area contributed by atoms with Gasteiger partial charge in [-0.2, -0.15) is 0 Å². The molecule has 1 saturated heterocycles. The van der Waals surface area contributed by atoms with E-state index in [0.29, 0.717) is 6.61 Å². The molecule has 3 nitrogen and oxygen atoms in total. The van der Waals surface area contributed by atoms with Crippen molar-refractivity contribution >= 4 is 21.9 Å². The van der Waals surface area contributed by atoms with E-state index in [1.807, 2.05) is 30.3 Å². The average molecular weight is 299 g/mol. The molecule has 1 aromatic carbocycles. The second kappa shape index (κ2) is 5.65. The first-order valence-corrected chi connectivity index (χ1v) is 6.86. The van der Waals surface area contributed by atoms with E-state index in [9.17, 15) is 4.79 Å². The first kappa shape index (κ1) is 12.6. The fourth-order valence-electron chi connectivity index (χ4n) is 2.04. The van der Waals surface area contributed by atoms with Gasteiger partial charge in [0.2, 0.25) is 5.79 Å². The highest BCUT2D eigenvalue weighted by molar-refractivity contribution is 9.09. The van der Waals surface area contributed by atoms with Crippen molar-refractivity contribution in [2.75, 3.05) is 11.9 Å². The topological polar surface area (TPSA) is 35.5 Å². The molecule has 0 amide bonds. The summed E-state index contributed by atoms with van der Waals surface area (Å²) in [4.78, 5) is 11.5. The van der Waals surface area contributed by atoms with Crippen LogP contribution in [0.4, 0.5) is 0 Å². The Labute approximate surface area is 109 Å². The molecule has 1 atom stereocenters. The van der Waals surface area contributed by atoms with E-state index in [1.165, 1.54) is 0 Å². The van der Waals surface area contributed by atoms with Gasteiger partial charge >= 0.3 is 5.97 Å². The number of carbonyl (C=O) groups is 1. The Bertz CT molecular complexity index is 372. The van der Waals surface area contributed by atoms with Gasteiger partial charge in [-0.1, -0.05) is 46.3 Å². The van der Waals surface area contributed by atoms with Crippen LogP contribution in [-0.4, -0.2) is 17.9 Å². The minimum atomic E-state index is -0.885. The van der Waals surface area contributed by atoms with Crippen LogP contribution < -0.4 is 0 Å². The number of hydrogen-bond donors (Lipinski definition) is 0. The molecule has 1 unspecified atom stereocenters. The molecule has 1 aliphatic heterocycles. The minimum Gasteiger partial charge on any atom is -0.428 e. The van der Waals surface area contributed by atoms with Crippen molar-refractivity contribution in [3.8, 4) is 0 Å². The second-order valence-corrected chi connectivity index (χ2v) is 4.59. The van der Waals surface area contributed by atoms with Crippen LogP contribution in [0.25, 0.3) is 0 Å². The molecule has 2 rings (SSSR count). The van der Waals surface area contributed by atoms with Crippen LogP contribution in [0.3, 0.4) is 0 Å². The number of alkyl halides is 1. The smallest absolute Gasteiger partial charge is 0.319 e. The summed E-state index contributed by atoms with van der Waals surface area (Å²) < 4.78 is 11.3. The standard InChI is InChI=1S/C13H15BrO3/c14-10-12(15)17-13(8-4-5-9-16-13)11-6-2-1-3-7-11/h1-3,6-7H,4-5,8-10H2. The maximum absolute atomic E-state index is 11.5. The summed E-state index contributed by atoms with van der Waals surface area (Å²) in [6.07, 6.45) is 2.74. The molecule has 0 bridgehead atoms. The highest BCUT2D eigenvalue weighted by Crippen LogP contribution is 2.36. The monoisotopic (exact) mass is 298 g/mol. The van der Waals surface area contributed by atoms with Crippen LogP contribution in [-0.2, 0) is 20.1 Å². The second-order valence-electron chi connectivity index (χ2n) is 4.03. The van der Waals surface area contributed by atoms with E-state index in [1.54, 1.807) is 0 Å². The van der Waals surface area contributed by atoms with Crippen LogP contribution in [0.1, 0.15) is 24.8 Å². The van der Waals surface area contributed by atoms with Gasteiger partial charge in [-0.3, -0.25) is 4.79 Å². The molecular weight excluding hydrogens is 284 g/mol. The van der Waals surface area contributed by atoms with Gasteiger partial charge in [0.05, 0.1) is 6.61 Å². The summed E-state index contributed by atoms with van der Waals surface area (Å²) in [6, 6.07) is 9.67. The lowest BCUT2D eigenvalue weighted by molar-refractivity contribution is -0.253. The zero-order chi connectivity index (χ0) is 12.1. The SMILES string of the molecule is O=C(CBr)OC1(c2ccccc2)CCCCO1. The number of rotatable bonds is 3. The quantitative estimate of drug-likeness (QED) is 0.636. The Morgan fingerprint density at radius 1 is 1.35 bits per heavy atom.